The van der Waals surface area contributed by atoms with Crippen molar-refractivity contribution < 1.29 is 22.7 Å². The maximum atomic E-state index is 12.6. The number of hydrogen-bond acceptors (Lipinski definition) is 6. The van der Waals surface area contributed by atoms with Crippen molar-refractivity contribution in [3.05, 3.63) is 58.8 Å². The summed E-state index contributed by atoms with van der Waals surface area (Å²) in [5, 5.41) is 0. The first-order valence-corrected chi connectivity index (χ1v) is 11.0. The fourth-order valence-electron chi connectivity index (χ4n) is 2.95. The van der Waals surface area contributed by atoms with E-state index in [-0.39, 0.29) is 30.4 Å². The third kappa shape index (κ3) is 4.84. The number of nitrogens with zero attached hydrogens (tertiary/aromatic N) is 2. The van der Waals surface area contributed by atoms with Crippen LogP contribution in [0.15, 0.2) is 58.2 Å². The first-order valence-electron chi connectivity index (χ1n) is 8.73. The number of pyridine rings is 1. The Morgan fingerprint density at radius 3 is 2.43 bits per heavy atom. The van der Waals surface area contributed by atoms with E-state index in [1.807, 2.05) is 0 Å². The molecule has 3 rings (SSSR count). The first kappa shape index (κ1) is 20.6. The molecule has 2 aromatic rings. The van der Waals surface area contributed by atoms with Gasteiger partial charge in [-0.25, -0.2) is 8.42 Å². The summed E-state index contributed by atoms with van der Waals surface area (Å²) in [4.78, 5) is 28.3. The van der Waals surface area contributed by atoms with Crippen LogP contribution in [0.25, 0.3) is 0 Å². The monoisotopic (exact) mass is 466 g/mol. The van der Waals surface area contributed by atoms with Gasteiger partial charge >= 0.3 is 5.97 Å². The molecule has 7 nitrogen and oxygen atoms in total. The molecule has 0 amide bonds. The van der Waals surface area contributed by atoms with Crippen LogP contribution < -0.4 is 0 Å². The molecule has 0 spiro atoms. The minimum absolute atomic E-state index is 0.135. The number of carbonyl (C=O) groups excluding carboxylic acids is 2. The summed E-state index contributed by atoms with van der Waals surface area (Å²) < 4.78 is 32.5. The fourth-order valence-corrected chi connectivity index (χ4v) is 4.65. The fraction of sp³-hybridized carbons (Fsp3) is 0.316. The SMILES string of the molecule is O=C(COC(=O)C1CCN(S(=O)(=O)c2cccnc2)CC1)c1ccc(Br)cc1. The number of ether oxygens (including phenoxy) is 1. The van der Waals surface area contributed by atoms with E-state index >= 15 is 0 Å². The molecule has 0 bridgehead atoms. The normalized spacial score (nSPS) is 15.9. The summed E-state index contributed by atoms with van der Waals surface area (Å²) in [7, 11) is -3.62. The molecule has 1 aromatic heterocycles. The zero-order valence-corrected chi connectivity index (χ0v) is 17.4. The number of aromatic nitrogens is 1. The standard InChI is InChI=1S/C19H19BrN2O5S/c20-16-5-3-14(4-6-16)18(23)13-27-19(24)15-7-10-22(11-8-15)28(25,26)17-2-1-9-21-12-17/h1-6,9,12,15H,7-8,10-11,13H2. The van der Waals surface area contributed by atoms with Gasteiger partial charge < -0.3 is 4.74 Å². The van der Waals surface area contributed by atoms with Crippen molar-refractivity contribution in [2.75, 3.05) is 19.7 Å². The van der Waals surface area contributed by atoms with Crippen LogP contribution in [0, 0.1) is 5.92 Å². The van der Waals surface area contributed by atoms with E-state index in [1.165, 1.54) is 22.8 Å². The van der Waals surface area contributed by atoms with Crippen LogP contribution in [0.4, 0.5) is 0 Å². The summed E-state index contributed by atoms with van der Waals surface area (Å²) in [6.45, 7) is 0.115. The van der Waals surface area contributed by atoms with Crippen LogP contribution in [-0.4, -0.2) is 49.2 Å². The first-order chi connectivity index (χ1) is 13.4. The number of carbonyl (C=O) groups is 2. The van der Waals surface area contributed by atoms with E-state index in [1.54, 1.807) is 30.3 Å². The van der Waals surface area contributed by atoms with Gasteiger partial charge in [0.25, 0.3) is 0 Å². The van der Waals surface area contributed by atoms with E-state index in [0.29, 0.717) is 18.4 Å². The van der Waals surface area contributed by atoms with E-state index in [0.717, 1.165) is 4.47 Å². The minimum Gasteiger partial charge on any atom is -0.457 e. The molecule has 148 valence electrons. The number of benzene rings is 1. The Morgan fingerprint density at radius 1 is 1.14 bits per heavy atom. The molecule has 0 N–H and O–H groups in total. The van der Waals surface area contributed by atoms with Crippen LogP contribution >= 0.6 is 15.9 Å². The highest BCUT2D eigenvalue weighted by Gasteiger charge is 2.33. The highest BCUT2D eigenvalue weighted by Crippen LogP contribution is 2.24. The maximum Gasteiger partial charge on any atom is 0.309 e. The van der Waals surface area contributed by atoms with E-state index in [9.17, 15) is 18.0 Å². The second kappa shape index (κ2) is 8.93. The van der Waals surface area contributed by atoms with Gasteiger partial charge in [0, 0.05) is 35.5 Å². The Bertz CT molecular complexity index is 940. The molecule has 0 aliphatic carbocycles. The molecule has 0 unspecified atom stereocenters. The second-order valence-electron chi connectivity index (χ2n) is 6.40. The van der Waals surface area contributed by atoms with Crippen LogP contribution in [0.2, 0.25) is 0 Å². The molecule has 1 saturated heterocycles. The minimum atomic E-state index is -3.62. The Morgan fingerprint density at radius 2 is 1.82 bits per heavy atom. The smallest absolute Gasteiger partial charge is 0.309 e. The van der Waals surface area contributed by atoms with Gasteiger partial charge in [-0.3, -0.25) is 14.6 Å². The molecule has 9 heteroatoms. The molecule has 1 aliphatic heterocycles. The van der Waals surface area contributed by atoms with Crippen molar-refractivity contribution in [2.45, 2.75) is 17.7 Å². The lowest BCUT2D eigenvalue weighted by atomic mass is 9.98. The quantitative estimate of drug-likeness (QED) is 0.479. The van der Waals surface area contributed by atoms with Crippen LogP contribution in [0.5, 0.6) is 0 Å². The molecular weight excluding hydrogens is 448 g/mol. The summed E-state index contributed by atoms with van der Waals surface area (Å²) in [6, 6.07) is 9.86. The summed E-state index contributed by atoms with van der Waals surface area (Å²) in [5.74, 6) is -1.17. The van der Waals surface area contributed by atoms with Gasteiger partial charge in [-0.2, -0.15) is 4.31 Å². The molecule has 0 atom stereocenters. The Hall–Kier alpha value is -2.10. The number of sulfonamides is 1. The Labute approximate surface area is 171 Å². The number of hydrogen-bond donors (Lipinski definition) is 0. The summed E-state index contributed by atoms with van der Waals surface area (Å²) in [6.07, 6.45) is 3.52. The molecule has 1 aliphatic rings. The van der Waals surface area contributed by atoms with Gasteiger partial charge in [0.05, 0.1) is 5.92 Å². The number of Topliss-reactive ketones (excluding diaryl/α,β-unsaturated/α-hetero) is 1. The largest absolute Gasteiger partial charge is 0.457 e. The average molecular weight is 467 g/mol. The third-order valence-electron chi connectivity index (χ3n) is 4.57. The van der Waals surface area contributed by atoms with Crippen LogP contribution in [0.1, 0.15) is 23.2 Å². The second-order valence-corrected chi connectivity index (χ2v) is 9.26. The molecule has 28 heavy (non-hydrogen) atoms. The molecular formula is C19H19BrN2O5S. The van der Waals surface area contributed by atoms with Gasteiger partial charge in [0.2, 0.25) is 10.0 Å². The number of piperidine rings is 1. The number of halogens is 1. The summed E-state index contributed by atoms with van der Waals surface area (Å²) in [5.41, 5.74) is 0.466. The van der Waals surface area contributed by atoms with Crippen LogP contribution in [0.3, 0.4) is 0 Å². The average Bonchev–Trinajstić information content (AvgIpc) is 2.73. The third-order valence-corrected chi connectivity index (χ3v) is 6.98. The highest BCUT2D eigenvalue weighted by atomic mass is 79.9. The molecule has 0 saturated carbocycles. The maximum absolute atomic E-state index is 12.6. The van der Waals surface area contributed by atoms with Gasteiger partial charge in [0.15, 0.2) is 12.4 Å². The molecule has 1 fully saturated rings. The number of esters is 1. The Balaban J connectivity index is 1.51. The lowest BCUT2D eigenvalue weighted by Crippen LogP contribution is -2.40. The van der Waals surface area contributed by atoms with Crippen molar-refractivity contribution in [1.82, 2.24) is 9.29 Å². The van der Waals surface area contributed by atoms with Gasteiger partial charge in [-0.05, 0) is 37.1 Å². The van der Waals surface area contributed by atoms with Crippen molar-refractivity contribution in [1.29, 1.82) is 0 Å². The van der Waals surface area contributed by atoms with Crippen molar-refractivity contribution in [2.24, 2.45) is 5.92 Å². The van der Waals surface area contributed by atoms with Gasteiger partial charge in [0.1, 0.15) is 4.90 Å². The zero-order chi connectivity index (χ0) is 20.1. The highest BCUT2D eigenvalue weighted by molar-refractivity contribution is 9.10. The Kier molecular flexibility index (Phi) is 6.58. The predicted molar refractivity (Wildman–Crippen MR) is 105 cm³/mol. The van der Waals surface area contributed by atoms with E-state index in [4.69, 9.17) is 4.74 Å². The van der Waals surface area contributed by atoms with E-state index in [2.05, 4.69) is 20.9 Å². The van der Waals surface area contributed by atoms with E-state index < -0.39 is 21.9 Å². The van der Waals surface area contributed by atoms with Crippen molar-refractivity contribution in [3.8, 4) is 0 Å². The summed E-state index contributed by atoms with van der Waals surface area (Å²) >= 11 is 3.30. The number of ketones is 1. The molecule has 0 radical (unpaired) electrons. The lowest BCUT2D eigenvalue weighted by molar-refractivity contribution is -0.148. The lowest BCUT2D eigenvalue weighted by Gasteiger charge is -2.29. The van der Waals surface area contributed by atoms with Gasteiger partial charge in [-0.15, -0.1) is 0 Å². The zero-order valence-electron chi connectivity index (χ0n) is 15.0. The predicted octanol–water partition coefficient (Wildman–Crippen LogP) is 2.67. The van der Waals surface area contributed by atoms with Gasteiger partial charge in [-0.1, -0.05) is 28.1 Å². The molecule has 2 heterocycles. The van der Waals surface area contributed by atoms with Crippen molar-refractivity contribution >= 4 is 37.7 Å². The molecule has 1 aromatic carbocycles. The van der Waals surface area contributed by atoms with Crippen LogP contribution in [-0.2, 0) is 19.6 Å². The number of rotatable bonds is 6. The van der Waals surface area contributed by atoms with Crippen molar-refractivity contribution in [3.63, 3.8) is 0 Å². The topological polar surface area (TPSA) is 93.6 Å².